The fourth-order valence-corrected chi connectivity index (χ4v) is 3.15. The van der Waals surface area contributed by atoms with Gasteiger partial charge < -0.3 is 10.1 Å². The Balaban J connectivity index is 1.72. The van der Waals surface area contributed by atoms with Crippen LogP contribution in [0.5, 0.6) is 5.75 Å². The molecule has 0 saturated carbocycles. The van der Waals surface area contributed by atoms with Crippen molar-refractivity contribution in [1.82, 2.24) is 10.2 Å². The number of nitrogens with zero attached hydrogens (tertiary/aromatic N) is 1. The van der Waals surface area contributed by atoms with Gasteiger partial charge in [0.05, 0.1) is 17.9 Å². The van der Waals surface area contributed by atoms with Crippen LogP contribution >= 0.6 is 23.4 Å². The average molecular weight is 357 g/mol. The van der Waals surface area contributed by atoms with Crippen LogP contribution in [-0.4, -0.2) is 47.9 Å². The molecule has 1 saturated heterocycles. The predicted molar refractivity (Wildman–Crippen MR) is 88.9 cm³/mol. The fourth-order valence-electron chi connectivity index (χ4n) is 2.12. The number of aryl methyl sites for hydroxylation is 1. The van der Waals surface area contributed by atoms with Gasteiger partial charge in [0.25, 0.3) is 5.24 Å². The molecule has 0 radical (unpaired) electrons. The van der Waals surface area contributed by atoms with E-state index in [1.807, 2.05) is 6.07 Å². The first-order valence-corrected chi connectivity index (χ1v) is 8.44. The molecule has 1 aliphatic heterocycles. The van der Waals surface area contributed by atoms with Crippen LogP contribution in [0, 0.1) is 0 Å². The highest BCUT2D eigenvalue weighted by atomic mass is 35.5. The van der Waals surface area contributed by atoms with Crippen molar-refractivity contribution in [1.29, 1.82) is 0 Å². The first-order chi connectivity index (χ1) is 11.0. The molecule has 3 amide bonds. The lowest BCUT2D eigenvalue weighted by molar-refractivity contribution is -0.125. The van der Waals surface area contributed by atoms with E-state index in [2.05, 4.69) is 5.32 Å². The molecule has 8 heteroatoms. The van der Waals surface area contributed by atoms with Crippen LogP contribution in [0.2, 0.25) is 5.02 Å². The number of carbonyl (C=O) groups excluding carboxylic acids is 3. The average Bonchev–Trinajstić information content (AvgIpc) is 2.85. The second-order valence-electron chi connectivity index (χ2n) is 4.92. The largest absolute Gasteiger partial charge is 0.495 e. The Bertz CT molecular complexity index is 607. The number of thioether (sulfide) groups is 1. The second-order valence-corrected chi connectivity index (χ2v) is 6.25. The number of nitrogens with one attached hydrogen (secondary N) is 1. The molecule has 6 nitrogen and oxygen atoms in total. The molecule has 1 fully saturated rings. The van der Waals surface area contributed by atoms with Crippen LogP contribution < -0.4 is 10.1 Å². The highest BCUT2D eigenvalue weighted by molar-refractivity contribution is 8.14. The maximum Gasteiger partial charge on any atom is 0.288 e. The van der Waals surface area contributed by atoms with E-state index in [4.69, 9.17) is 16.3 Å². The summed E-state index contributed by atoms with van der Waals surface area (Å²) in [5.74, 6) is 0.439. The molecule has 0 aromatic heterocycles. The third kappa shape index (κ3) is 4.87. The van der Waals surface area contributed by atoms with Crippen molar-refractivity contribution in [2.24, 2.45) is 0 Å². The summed E-state index contributed by atoms with van der Waals surface area (Å²) in [4.78, 5) is 35.8. The van der Waals surface area contributed by atoms with E-state index in [0.29, 0.717) is 23.6 Å². The van der Waals surface area contributed by atoms with E-state index in [9.17, 15) is 14.4 Å². The lowest BCUT2D eigenvalue weighted by Gasteiger charge is -2.13. The number of methoxy groups -OCH3 is 1. The van der Waals surface area contributed by atoms with E-state index in [-0.39, 0.29) is 35.9 Å². The summed E-state index contributed by atoms with van der Waals surface area (Å²) in [6, 6.07) is 5.39. The van der Waals surface area contributed by atoms with Gasteiger partial charge in [0, 0.05) is 19.5 Å². The van der Waals surface area contributed by atoms with Crippen molar-refractivity contribution in [3.63, 3.8) is 0 Å². The lowest BCUT2D eigenvalue weighted by Crippen LogP contribution is -2.37. The van der Waals surface area contributed by atoms with Crippen LogP contribution in [0.4, 0.5) is 4.79 Å². The molecular formula is C15H17ClN2O4S. The number of hydrogen-bond acceptors (Lipinski definition) is 5. The highest BCUT2D eigenvalue weighted by Gasteiger charge is 2.29. The summed E-state index contributed by atoms with van der Waals surface area (Å²) in [6.45, 7) is 0.477. The number of halogens is 1. The Labute approximate surface area is 143 Å². The van der Waals surface area contributed by atoms with Crippen molar-refractivity contribution >= 4 is 40.4 Å². The molecule has 2 rings (SSSR count). The van der Waals surface area contributed by atoms with Gasteiger partial charge in [-0.3, -0.25) is 19.3 Å². The molecule has 1 N–H and O–H groups in total. The van der Waals surface area contributed by atoms with Gasteiger partial charge in [0.15, 0.2) is 0 Å². The van der Waals surface area contributed by atoms with E-state index in [1.165, 1.54) is 0 Å². The molecule has 1 aliphatic rings. The number of hydrogen-bond donors (Lipinski definition) is 1. The van der Waals surface area contributed by atoms with E-state index < -0.39 is 0 Å². The first-order valence-electron chi connectivity index (χ1n) is 7.07. The van der Waals surface area contributed by atoms with Crippen molar-refractivity contribution in [3.8, 4) is 5.75 Å². The Morgan fingerprint density at radius 2 is 2.22 bits per heavy atom. The van der Waals surface area contributed by atoms with Gasteiger partial charge in [-0.1, -0.05) is 29.4 Å². The zero-order valence-electron chi connectivity index (χ0n) is 12.6. The summed E-state index contributed by atoms with van der Waals surface area (Å²) in [5, 5.41) is 2.96. The molecule has 23 heavy (non-hydrogen) atoms. The van der Waals surface area contributed by atoms with Crippen molar-refractivity contribution in [2.45, 2.75) is 12.8 Å². The van der Waals surface area contributed by atoms with Gasteiger partial charge in [0.2, 0.25) is 11.8 Å². The summed E-state index contributed by atoms with van der Waals surface area (Å²) in [6.07, 6.45) is 0.853. The minimum absolute atomic E-state index is 0.135. The third-order valence-electron chi connectivity index (χ3n) is 3.36. The number of imide groups is 1. The Kier molecular flexibility index (Phi) is 6.29. The SMILES string of the molecule is COc1ccc(CCC(=O)NCCN2C(=O)CSC2=O)cc1Cl. The van der Waals surface area contributed by atoms with E-state index >= 15 is 0 Å². The molecule has 0 bridgehead atoms. The van der Waals surface area contributed by atoms with Gasteiger partial charge in [-0.2, -0.15) is 0 Å². The maximum atomic E-state index is 11.8. The van der Waals surface area contributed by atoms with Crippen LogP contribution in [0.3, 0.4) is 0 Å². The maximum absolute atomic E-state index is 11.8. The number of amides is 3. The minimum Gasteiger partial charge on any atom is -0.495 e. The van der Waals surface area contributed by atoms with Gasteiger partial charge in [0.1, 0.15) is 5.75 Å². The Morgan fingerprint density at radius 1 is 1.43 bits per heavy atom. The summed E-state index contributed by atoms with van der Waals surface area (Å²) in [7, 11) is 1.54. The summed E-state index contributed by atoms with van der Waals surface area (Å²) < 4.78 is 5.07. The highest BCUT2D eigenvalue weighted by Crippen LogP contribution is 2.25. The van der Waals surface area contributed by atoms with Crippen LogP contribution in [0.15, 0.2) is 18.2 Å². The molecule has 1 heterocycles. The number of carbonyl (C=O) groups is 3. The standard InChI is InChI=1S/C15H17ClN2O4S/c1-22-12-4-2-10(8-11(12)16)3-5-13(19)17-6-7-18-14(20)9-23-15(18)21/h2,4,8H,3,5-7,9H2,1H3,(H,17,19). The van der Waals surface area contributed by atoms with Crippen molar-refractivity contribution in [2.75, 3.05) is 26.0 Å². The Morgan fingerprint density at radius 3 is 2.83 bits per heavy atom. The molecule has 0 spiro atoms. The Hall–Kier alpha value is -1.73. The number of benzene rings is 1. The topological polar surface area (TPSA) is 75.7 Å². The monoisotopic (exact) mass is 356 g/mol. The van der Waals surface area contributed by atoms with Gasteiger partial charge in [-0.05, 0) is 24.1 Å². The van der Waals surface area contributed by atoms with Gasteiger partial charge >= 0.3 is 0 Å². The van der Waals surface area contributed by atoms with E-state index in [1.54, 1.807) is 19.2 Å². The summed E-state index contributed by atoms with van der Waals surface area (Å²) in [5.41, 5.74) is 0.937. The normalized spacial score (nSPS) is 14.3. The number of rotatable bonds is 7. The quantitative estimate of drug-likeness (QED) is 0.809. The molecule has 1 aromatic carbocycles. The van der Waals surface area contributed by atoms with Crippen LogP contribution in [0.1, 0.15) is 12.0 Å². The first kappa shape index (κ1) is 17.6. The van der Waals surface area contributed by atoms with Gasteiger partial charge in [-0.15, -0.1) is 0 Å². The smallest absolute Gasteiger partial charge is 0.288 e. The molecule has 124 valence electrons. The van der Waals surface area contributed by atoms with Crippen molar-refractivity contribution in [3.05, 3.63) is 28.8 Å². The molecule has 1 aromatic rings. The third-order valence-corrected chi connectivity index (χ3v) is 4.51. The van der Waals surface area contributed by atoms with E-state index in [0.717, 1.165) is 22.2 Å². The lowest BCUT2D eigenvalue weighted by atomic mass is 10.1. The minimum atomic E-state index is -0.253. The number of ether oxygens (including phenoxy) is 1. The molecule has 0 unspecified atom stereocenters. The van der Waals surface area contributed by atoms with Crippen LogP contribution in [-0.2, 0) is 16.0 Å². The molecule has 0 atom stereocenters. The predicted octanol–water partition coefficient (Wildman–Crippen LogP) is 2.09. The zero-order chi connectivity index (χ0) is 16.8. The fraction of sp³-hybridized carbons (Fsp3) is 0.400. The van der Waals surface area contributed by atoms with Crippen LogP contribution in [0.25, 0.3) is 0 Å². The van der Waals surface area contributed by atoms with Crippen molar-refractivity contribution < 1.29 is 19.1 Å². The van der Waals surface area contributed by atoms with Gasteiger partial charge in [-0.25, -0.2) is 0 Å². The molecular weight excluding hydrogens is 340 g/mol. The zero-order valence-corrected chi connectivity index (χ0v) is 14.2. The second kappa shape index (κ2) is 8.21. The molecule has 0 aliphatic carbocycles. The summed E-state index contributed by atoms with van der Waals surface area (Å²) >= 11 is 7.02.